The maximum atomic E-state index is 12.0. The molecule has 1 saturated heterocycles. The first-order chi connectivity index (χ1) is 11.6. The Morgan fingerprint density at radius 2 is 1.92 bits per heavy atom. The highest BCUT2D eigenvalue weighted by atomic mass is 35.5. The van der Waals surface area contributed by atoms with Crippen molar-refractivity contribution in [2.24, 2.45) is 0 Å². The quantitative estimate of drug-likeness (QED) is 0.853. The second-order valence-corrected chi connectivity index (χ2v) is 6.02. The summed E-state index contributed by atoms with van der Waals surface area (Å²) in [5, 5.41) is 3.63. The van der Waals surface area contributed by atoms with E-state index in [0.717, 1.165) is 12.8 Å². The van der Waals surface area contributed by atoms with E-state index >= 15 is 0 Å². The zero-order valence-corrected chi connectivity index (χ0v) is 14.6. The lowest BCUT2D eigenvalue weighted by Gasteiger charge is -2.31. The monoisotopic (exact) mass is 354 g/mol. The normalized spacial score (nSPS) is 15.0. The SMILES string of the molecule is CCOC(=O)N1CCC(NC(=O)CCOc2ccc(Cl)cc2)CC1. The fourth-order valence-electron chi connectivity index (χ4n) is 2.51. The van der Waals surface area contributed by atoms with Crippen LogP contribution in [0.4, 0.5) is 4.79 Å². The van der Waals surface area contributed by atoms with Crippen LogP contribution in [0.25, 0.3) is 0 Å². The number of carbonyl (C=O) groups excluding carboxylic acids is 2. The molecule has 1 aliphatic rings. The number of benzene rings is 1. The Balaban J connectivity index is 1.63. The third-order valence-corrected chi connectivity index (χ3v) is 4.05. The third kappa shape index (κ3) is 5.92. The molecular formula is C17H23ClN2O4. The van der Waals surface area contributed by atoms with Gasteiger partial charge in [0.25, 0.3) is 0 Å². The second kappa shape index (κ2) is 9.37. The predicted molar refractivity (Wildman–Crippen MR) is 91.3 cm³/mol. The summed E-state index contributed by atoms with van der Waals surface area (Å²) in [6.07, 6.45) is 1.49. The molecule has 1 aliphatic heterocycles. The number of hydrogen-bond acceptors (Lipinski definition) is 4. The molecule has 24 heavy (non-hydrogen) atoms. The summed E-state index contributed by atoms with van der Waals surface area (Å²) in [5.41, 5.74) is 0. The van der Waals surface area contributed by atoms with E-state index in [0.29, 0.717) is 43.5 Å². The molecule has 132 valence electrons. The van der Waals surface area contributed by atoms with Gasteiger partial charge in [0, 0.05) is 24.2 Å². The van der Waals surface area contributed by atoms with E-state index in [1.54, 1.807) is 36.1 Å². The molecule has 2 rings (SSSR count). The minimum atomic E-state index is -0.279. The molecule has 0 bridgehead atoms. The summed E-state index contributed by atoms with van der Waals surface area (Å²) >= 11 is 5.80. The standard InChI is InChI=1S/C17H23ClN2O4/c1-2-23-17(22)20-10-7-14(8-11-20)19-16(21)9-12-24-15-5-3-13(18)4-6-15/h3-6,14H,2,7-12H2,1H3,(H,19,21). The molecule has 1 fully saturated rings. The number of rotatable bonds is 6. The molecule has 6 nitrogen and oxygen atoms in total. The molecule has 0 unspecified atom stereocenters. The van der Waals surface area contributed by atoms with Crippen molar-refractivity contribution in [1.29, 1.82) is 0 Å². The molecule has 1 aromatic rings. The van der Waals surface area contributed by atoms with Crippen molar-refractivity contribution in [1.82, 2.24) is 10.2 Å². The number of ether oxygens (including phenoxy) is 2. The van der Waals surface area contributed by atoms with Gasteiger partial charge >= 0.3 is 6.09 Å². The van der Waals surface area contributed by atoms with Gasteiger partial charge in [-0.1, -0.05) is 11.6 Å². The van der Waals surface area contributed by atoms with E-state index in [9.17, 15) is 9.59 Å². The maximum absolute atomic E-state index is 12.0. The van der Waals surface area contributed by atoms with Gasteiger partial charge in [-0.25, -0.2) is 4.79 Å². The lowest BCUT2D eigenvalue weighted by atomic mass is 10.1. The predicted octanol–water partition coefficient (Wildman–Crippen LogP) is 2.85. The number of nitrogens with one attached hydrogen (secondary N) is 1. The highest BCUT2D eigenvalue weighted by Gasteiger charge is 2.24. The highest BCUT2D eigenvalue weighted by Crippen LogP contribution is 2.16. The number of halogens is 1. The van der Waals surface area contributed by atoms with Gasteiger partial charge in [0.1, 0.15) is 5.75 Å². The average molecular weight is 355 g/mol. The number of piperidine rings is 1. The average Bonchev–Trinajstić information content (AvgIpc) is 2.57. The highest BCUT2D eigenvalue weighted by molar-refractivity contribution is 6.30. The zero-order valence-electron chi connectivity index (χ0n) is 13.8. The fraction of sp³-hybridized carbons (Fsp3) is 0.529. The summed E-state index contributed by atoms with van der Waals surface area (Å²) in [6.45, 7) is 3.69. The minimum absolute atomic E-state index is 0.0430. The molecule has 7 heteroatoms. The van der Waals surface area contributed by atoms with Crippen LogP contribution in [0.2, 0.25) is 5.02 Å². The smallest absolute Gasteiger partial charge is 0.409 e. The number of nitrogens with zero attached hydrogens (tertiary/aromatic N) is 1. The summed E-state index contributed by atoms with van der Waals surface area (Å²) in [5.74, 6) is 0.647. The number of hydrogen-bond donors (Lipinski definition) is 1. The second-order valence-electron chi connectivity index (χ2n) is 5.58. The van der Waals surface area contributed by atoms with Crippen molar-refractivity contribution < 1.29 is 19.1 Å². The fourth-order valence-corrected chi connectivity index (χ4v) is 2.64. The minimum Gasteiger partial charge on any atom is -0.493 e. The molecule has 1 heterocycles. The molecule has 2 amide bonds. The molecule has 1 N–H and O–H groups in total. The summed E-state index contributed by atoms with van der Waals surface area (Å²) in [7, 11) is 0. The number of likely N-dealkylation sites (tertiary alicyclic amines) is 1. The van der Waals surface area contributed by atoms with Crippen LogP contribution < -0.4 is 10.1 Å². The van der Waals surface area contributed by atoms with Crippen LogP contribution in [0.3, 0.4) is 0 Å². The number of amides is 2. The van der Waals surface area contributed by atoms with Crippen molar-refractivity contribution in [3.8, 4) is 5.75 Å². The van der Waals surface area contributed by atoms with E-state index in [1.165, 1.54) is 0 Å². The van der Waals surface area contributed by atoms with Crippen LogP contribution in [-0.4, -0.2) is 49.2 Å². The van der Waals surface area contributed by atoms with Crippen LogP contribution in [0.1, 0.15) is 26.2 Å². The van der Waals surface area contributed by atoms with Gasteiger partial charge in [-0.2, -0.15) is 0 Å². The van der Waals surface area contributed by atoms with Crippen molar-refractivity contribution in [3.63, 3.8) is 0 Å². The molecule has 0 atom stereocenters. The first-order valence-corrected chi connectivity index (χ1v) is 8.55. The first-order valence-electron chi connectivity index (χ1n) is 8.18. The summed E-state index contributed by atoms with van der Waals surface area (Å²) in [4.78, 5) is 25.2. The maximum Gasteiger partial charge on any atom is 0.409 e. The third-order valence-electron chi connectivity index (χ3n) is 3.80. The summed E-state index contributed by atoms with van der Waals surface area (Å²) < 4.78 is 10.5. The molecule has 0 saturated carbocycles. The Hall–Kier alpha value is -1.95. The van der Waals surface area contributed by atoms with Crippen molar-refractivity contribution in [2.45, 2.75) is 32.2 Å². The van der Waals surface area contributed by atoms with E-state index in [1.807, 2.05) is 0 Å². The van der Waals surface area contributed by atoms with Crippen molar-refractivity contribution in [3.05, 3.63) is 29.3 Å². The van der Waals surface area contributed by atoms with Gasteiger partial charge in [-0.3, -0.25) is 4.79 Å². The Labute approximate surface area is 147 Å². The van der Waals surface area contributed by atoms with Gasteiger partial charge in [0.05, 0.1) is 19.6 Å². The Morgan fingerprint density at radius 1 is 1.25 bits per heavy atom. The largest absolute Gasteiger partial charge is 0.493 e. The lowest BCUT2D eigenvalue weighted by molar-refractivity contribution is -0.122. The van der Waals surface area contributed by atoms with Gasteiger partial charge in [-0.05, 0) is 44.0 Å². The molecule has 0 radical (unpaired) electrons. The molecule has 0 aromatic heterocycles. The van der Waals surface area contributed by atoms with Crippen LogP contribution in [0.5, 0.6) is 5.75 Å². The molecule has 1 aromatic carbocycles. The first kappa shape index (κ1) is 18.4. The van der Waals surface area contributed by atoms with Gasteiger partial charge < -0.3 is 19.7 Å². The van der Waals surface area contributed by atoms with E-state index in [2.05, 4.69) is 5.32 Å². The van der Waals surface area contributed by atoms with Crippen LogP contribution in [-0.2, 0) is 9.53 Å². The summed E-state index contributed by atoms with van der Waals surface area (Å²) in [6, 6.07) is 7.12. The van der Waals surface area contributed by atoms with Gasteiger partial charge in [-0.15, -0.1) is 0 Å². The van der Waals surface area contributed by atoms with E-state index < -0.39 is 0 Å². The molecule has 0 spiro atoms. The van der Waals surface area contributed by atoms with Crippen molar-refractivity contribution >= 4 is 23.6 Å². The van der Waals surface area contributed by atoms with Crippen LogP contribution in [0, 0.1) is 0 Å². The Bertz CT molecular complexity index is 542. The van der Waals surface area contributed by atoms with Crippen LogP contribution in [0.15, 0.2) is 24.3 Å². The zero-order chi connectivity index (χ0) is 17.4. The molecular weight excluding hydrogens is 332 g/mol. The van der Waals surface area contributed by atoms with Crippen LogP contribution >= 0.6 is 11.6 Å². The number of carbonyl (C=O) groups is 2. The Morgan fingerprint density at radius 3 is 2.54 bits per heavy atom. The Kier molecular flexibility index (Phi) is 7.18. The topological polar surface area (TPSA) is 67.9 Å². The van der Waals surface area contributed by atoms with E-state index in [4.69, 9.17) is 21.1 Å². The van der Waals surface area contributed by atoms with Crippen molar-refractivity contribution in [2.75, 3.05) is 26.3 Å². The van der Waals surface area contributed by atoms with E-state index in [-0.39, 0.29) is 18.0 Å². The van der Waals surface area contributed by atoms with Gasteiger partial charge in [0.15, 0.2) is 0 Å². The van der Waals surface area contributed by atoms with Gasteiger partial charge in [0.2, 0.25) is 5.91 Å². The molecule has 0 aliphatic carbocycles. The lowest BCUT2D eigenvalue weighted by Crippen LogP contribution is -2.46.